The SMILES string of the molecule is COc1ccc2c(c1)C(O)CC(c1ccc(Br)c(Cl)c1)O2. The number of aliphatic hydroxyl groups is 1. The van der Waals surface area contributed by atoms with Gasteiger partial charge in [0.15, 0.2) is 0 Å². The summed E-state index contributed by atoms with van der Waals surface area (Å²) in [5, 5.41) is 11.0. The van der Waals surface area contributed by atoms with Gasteiger partial charge in [0.05, 0.1) is 18.2 Å². The minimum atomic E-state index is -0.587. The Hall–Kier alpha value is -1.23. The number of benzene rings is 2. The highest BCUT2D eigenvalue weighted by Crippen LogP contribution is 2.42. The second-order valence-corrected chi connectivity index (χ2v) is 6.20. The van der Waals surface area contributed by atoms with Crippen LogP contribution in [0.2, 0.25) is 5.02 Å². The molecule has 0 spiro atoms. The second kappa shape index (κ2) is 5.87. The number of rotatable bonds is 2. The summed E-state index contributed by atoms with van der Waals surface area (Å²) in [6.07, 6.45) is -0.319. The van der Waals surface area contributed by atoms with Gasteiger partial charge in [0.1, 0.15) is 17.6 Å². The number of hydrogen-bond acceptors (Lipinski definition) is 3. The molecule has 110 valence electrons. The van der Waals surface area contributed by atoms with E-state index in [4.69, 9.17) is 21.1 Å². The van der Waals surface area contributed by atoms with Gasteiger partial charge in [-0.3, -0.25) is 0 Å². The Kier molecular flexibility index (Phi) is 4.11. The van der Waals surface area contributed by atoms with E-state index in [0.717, 1.165) is 15.6 Å². The van der Waals surface area contributed by atoms with Gasteiger partial charge in [-0.1, -0.05) is 17.7 Å². The highest BCUT2D eigenvalue weighted by atomic mass is 79.9. The summed E-state index contributed by atoms with van der Waals surface area (Å²) in [5.74, 6) is 1.39. The van der Waals surface area contributed by atoms with Gasteiger partial charge < -0.3 is 14.6 Å². The fourth-order valence-electron chi connectivity index (χ4n) is 2.47. The molecule has 0 fully saturated rings. The Morgan fingerprint density at radius 2 is 2.10 bits per heavy atom. The molecule has 1 heterocycles. The first kappa shape index (κ1) is 14.7. The molecular formula is C16H14BrClO3. The molecule has 2 atom stereocenters. The van der Waals surface area contributed by atoms with Crippen molar-refractivity contribution in [2.75, 3.05) is 7.11 Å². The molecule has 21 heavy (non-hydrogen) atoms. The van der Waals surface area contributed by atoms with Crippen LogP contribution in [0.25, 0.3) is 0 Å². The van der Waals surface area contributed by atoms with Crippen molar-refractivity contribution in [2.45, 2.75) is 18.6 Å². The summed E-state index contributed by atoms with van der Waals surface area (Å²) < 4.78 is 12.0. The first-order chi connectivity index (χ1) is 10.1. The van der Waals surface area contributed by atoms with Crippen molar-refractivity contribution in [1.82, 2.24) is 0 Å². The Labute approximate surface area is 136 Å². The van der Waals surface area contributed by atoms with Crippen LogP contribution in [0.1, 0.15) is 29.8 Å². The lowest BCUT2D eigenvalue weighted by atomic mass is 9.95. The molecular weight excluding hydrogens is 356 g/mol. The van der Waals surface area contributed by atoms with E-state index < -0.39 is 6.10 Å². The smallest absolute Gasteiger partial charge is 0.127 e. The third-order valence-corrected chi connectivity index (χ3v) is 4.83. The summed E-state index contributed by atoms with van der Waals surface area (Å²) in [6, 6.07) is 11.1. The molecule has 1 N–H and O–H groups in total. The quantitative estimate of drug-likeness (QED) is 0.836. The van der Waals surface area contributed by atoms with Crippen molar-refractivity contribution < 1.29 is 14.6 Å². The van der Waals surface area contributed by atoms with Crippen LogP contribution in [0.3, 0.4) is 0 Å². The lowest BCUT2D eigenvalue weighted by Gasteiger charge is -2.30. The lowest BCUT2D eigenvalue weighted by molar-refractivity contribution is 0.0654. The molecule has 0 amide bonds. The van der Waals surface area contributed by atoms with E-state index >= 15 is 0 Å². The van der Waals surface area contributed by atoms with Crippen molar-refractivity contribution in [3.8, 4) is 11.5 Å². The molecule has 3 nitrogen and oxygen atoms in total. The summed E-state index contributed by atoms with van der Waals surface area (Å²) >= 11 is 9.50. The molecule has 3 rings (SSSR count). The van der Waals surface area contributed by atoms with Gasteiger partial charge in [-0.05, 0) is 51.8 Å². The molecule has 1 aliphatic heterocycles. The van der Waals surface area contributed by atoms with E-state index in [1.54, 1.807) is 7.11 Å². The molecule has 0 bridgehead atoms. The third kappa shape index (κ3) is 2.89. The zero-order chi connectivity index (χ0) is 15.0. The maximum absolute atomic E-state index is 10.4. The van der Waals surface area contributed by atoms with Crippen LogP contribution in [0.15, 0.2) is 40.9 Å². The topological polar surface area (TPSA) is 38.7 Å². The summed E-state index contributed by atoms with van der Waals surface area (Å²) in [4.78, 5) is 0. The standard InChI is InChI=1S/C16H14BrClO3/c1-20-10-3-5-15-11(7-10)14(19)8-16(21-15)9-2-4-12(17)13(18)6-9/h2-7,14,16,19H,8H2,1H3. The second-order valence-electron chi connectivity index (χ2n) is 4.94. The average Bonchev–Trinajstić information content (AvgIpc) is 2.49. The van der Waals surface area contributed by atoms with Crippen molar-refractivity contribution in [2.24, 2.45) is 0 Å². The predicted octanol–water partition coefficient (Wildman–Crippen LogP) is 4.67. The number of fused-ring (bicyclic) bond motifs is 1. The molecule has 2 unspecified atom stereocenters. The van der Waals surface area contributed by atoms with Crippen LogP contribution >= 0.6 is 27.5 Å². The number of ether oxygens (including phenoxy) is 2. The van der Waals surface area contributed by atoms with Gasteiger partial charge in [0.25, 0.3) is 0 Å². The molecule has 2 aromatic carbocycles. The zero-order valence-corrected chi connectivity index (χ0v) is 13.7. The maximum Gasteiger partial charge on any atom is 0.127 e. The summed E-state index contributed by atoms with van der Waals surface area (Å²) in [7, 11) is 1.60. The molecule has 0 saturated heterocycles. The largest absolute Gasteiger partial charge is 0.497 e. The van der Waals surface area contributed by atoms with Crippen LogP contribution < -0.4 is 9.47 Å². The number of hydrogen-bond donors (Lipinski definition) is 1. The van der Waals surface area contributed by atoms with E-state index in [-0.39, 0.29) is 6.10 Å². The first-order valence-corrected chi connectivity index (χ1v) is 7.73. The zero-order valence-electron chi connectivity index (χ0n) is 11.3. The van der Waals surface area contributed by atoms with Gasteiger partial charge in [0, 0.05) is 16.5 Å². The fourth-order valence-corrected chi connectivity index (χ4v) is 2.90. The number of aliphatic hydroxyl groups excluding tert-OH is 1. The molecule has 5 heteroatoms. The highest BCUT2D eigenvalue weighted by Gasteiger charge is 2.28. The van der Waals surface area contributed by atoms with Crippen LogP contribution in [-0.2, 0) is 0 Å². The molecule has 0 aromatic heterocycles. The van der Waals surface area contributed by atoms with Crippen LogP contribution in [-0.4, -0.2) is 12.2 Å². The minimum Gasteiger partial charge on any atom is -0.497 e. The number of methoxy groups -OCH3 is 1. The van der Waals surface area contributed by atoms with Crippen LogP contribution in [0.4, 0.5) is 0 Å². The van der Waals surface area contributed by atoms with Crippen molar-refractivity contribution in [1.29, 1.82) is 0 Å². The molecule has 2 aromatic rings. The van der Waals surface area contributed by atoms with Gasteiger partial charge >= 0.3 is 0 Å². The van der Waals surface area contributed by atoms with E-state index in [1.807, 2.05) is 36.4 Å². The fraction of sp³-hybridized carbons (Fsp3) is 0.250. The van der Waals surface area contributed by atoms with E-state index in [0.29, 0.717) is 22.9 Å². The molecule has 1 aliphatic rings. The average molecular weight is 370 g/mol. The van der Waals surface area contributed by atoms with Gasteiger partial charge in [-0.2, -0.15) is 0 Å². The first-order valence-electron chi connectivity index (χ1n) is 6.56. The van der Waals surface area contributed by atoms with Crippen molar-refractivity contribution >= 4 is 27.5 Å². The predicted molar refractivity (Wildman–Crippen MR) is 85.1 cm³/mol. The monoisotopic (exact) mass is 368 g/mol. The molecule has 0 radical (unpaired) electrons. The van der Waals surface area contributed by atoms with Crippen molar-refractivity contribution in [3.05, 3.63) is 57.0 Å². The maximum atomic E-state index is 10.4. The Morgan fingerprint density at radius 1 is 1.29 bits per heavy atom. The Bertz CT molecular complexity index is 675. The van der Waals surface area contributed by atoms with Gasteiger partial charge in [0.2, 0.25) is 0 Å². The highest BCUT2D eigenvalue weighted by molar-refractivity contribution is 9.10. The normalized spacial score (nSPS) is 20.6. The van der Waals surface area contributed by atoms with Crippen molar-refractivity contribution in [3.63, 3.8) is 0 Å². The minimum absolute atomic E-state index is 0.216. The van der Waals surface area contributed by atoms with E-state index in [9.17, 15) is 5.11 Å². The van der Waals surface area contributed by atoms with Crippen LogP contribution in [0, 0.1) is 0 Å². The van der Waals surface area contributed by atoms with E-state index in [2.05, 4.69) is 15.9 Å². The number of halogens is 2. The lowest BCUT2D eigenvalue weighted by Crippen LogP contribution is -2.19. The van der Waals surface area contributed by atoms with E-state index in [1.165, 1.54) is 0 Å². The summed E-state index contributed by atoms with van der Waals surface area (Å²) in [6.45, 7) is 0. The van der Waals surface area contributed by atoms with Gasteiger partial charge in [-0.15, -0.1) is 0 Å². The third-order valence-electron chi connectivity index (χ3n) is 3.60. The Morgan fingerprint density at radius 3 is 2.81 bits per heavy atom. The molecule has 0 aliphatic carbocycles. The van der Waals surface area contributed by atoms with Gasteiger partial charge in [-0.25, -0.2) is 0 Å². The Balaban J connectivity index is 1.92. The molecule has 0 saturated carbocycles. The summed E-state index contributed by atoms with van der Waals surface area (Å²) in [5.41, 5.74) is 1.71. The van der Waals surface area contributed by atoms with Crippen LogP contribution in [0.5, 0.6) is 11.5 Å².